The van der Waals surface area contributed by atoms with E-state index in [0.29, 0.717) is 29.6 Å². The van der Waals surface area contributed by atoms with Gasteiger partial charge in [-0.3, -0.25) is 4.79 Å². The average Bonchev–Trinajstić information content (AvgIpc) is 3.36. The minimum Gasteiger partial charge on any atom is -0.454 e. The number of hydrogen-bond donors (Lipinski definition) is 2. The van der Waals surface area contributed by atoms with Crippen molar-refractivity contribution in [2.75, 3.05) is 18.7 Å². The first kappa shape index (κ1) is 16.9. The lowest BCUT2D eigenvalue weighted by Crippen LogP contribution is -2.26. The molecule has 1 heterocycles. The molecule has 2 aromatic rings. The van der Waals surface area contributed by atoms with E-state index in [0.717, 1.165) is 12.8 Å². The standard InChI is InChI=1S/C18H18N2O5S/c21-18(20-14-6-7-16-17(9-14)25-11-24-16)13-2-1-3-15(8-13)26(22,23)19-10-12-4-5-12/h1-3,6-9,12,19H,4-5,10-11H2,(H,20,21). The molecule has 136 valence electrons. The Morgan fingerprint density at radius 3 is 2.69 bits per heavy atom. The predicted molar refractivity (Wildman–Crippen MR) is 94.9 cm³/mol. The number of ether oxygens (including phenoxy) is 2. The van der Waals surface area contributed by atoms with Crippen molar-refractivity contribution in [3.63, 3.8) is 0 Å². The van der Waals surface area contributed by atoms with Gasteiger partial charge in [0, 0.05) is 23.9 Å². The van der Waals surface area contributed by atoms with Crippen LogP contribution in [-0.2, 0) is 10.0 Å². The quantitative estimate of drug-likeness (QED) is 0.810. The molecule has 8 heteroatoms. The Morgan fingerprint density at radius 1 is 1.08 bits per heavy atom. The van der Waals surface area contributed by atoms with Crippen LogP contribution in [0, 0.1) is 5.92 Å². The molecule has 2 aliphatic rings. The van der Waals surface area contributed by atoms with Gasteiger partial charge >= 0.3 is 0 Å². The number of amides is 1. The highest BCUT2D eigenvalue weighted by molar-refractivity contribution is 7.89. The second-order valence-corrected chi connectivity index (χ2v) is 8.11. The molecule has 1 saturated carbocycles. The minimum absolute atomic E-state index is 0.0801. The van der Waals surface area contributed by atoms with Gasteiger partial charge in [0.05, 0.1) is 4.90 Å². The van der Waals surface area contributed by atoms with Crippen LogP contribution in [0.25, 0.3) is 0 Å². The third-order valence-electron chi connectivity index (χ3n) is 4.30. The highest BCUT2D eigenvalue weighted by atomic mass is 32.2. The minimum atomic E-state index is -3.62. The molecule has 0 saturated heterocycles. The zero-order chi connectivity index (χ0) is 18.1. The molecule has 0 unspecified atom stereocenters. The molecule has 2 aromatic carbocycles. The molecule has 1 fully saturated rings. The van der Waals surface area contributed by atoms with E-state index in [-0.39, 0.29) is 17.3 Å². The Labute approximate surface area is 151 Å². The zero-order valence-electron chi connectivity index (χ0n) is 13.9. The second-order valence-electron chi connectivity index (χ2n) is 6.35. The average molecular weight is 374 g/mol. The molecular weight excluding hydrogens is 356 g/mol. The van der Waals surface area contributed by atoms with E-state index in [9.17, 15) is 13.2 Å². The molecule has 1 aliphatic carbocycles. The van der Waals surface area contributed by atoms with Crippen molar-refractivity contribution in [1.29, 1.82) is 0 Å². The van der Waals surface area contributed by atoms with Crippen LogP contribution in [0.4, 0.5) is 5.69 Å². The highest BCUT2D eigenvalue weighted by Crippen LogP contribution is 2.34. The fourth-order valence-corrected chi connectivity index (χ4v) is 3.78. The van der Waals surface area contributed by atoms with Gasteiger partial charge in [0.2, 0.25) is 16.8 Å². The summed E-state index contributed by atoms with van der Waals surface area (Å²) in [5, 5.41) is 2.74. The number of carbonyl (C=O) groups is 1. The van der Waals surface area contributed by atoms with Gasteiger partial charge in [0.1, 0.15) is 0 Å². The van der Waals surface area contributed by atoms with E-state index < -0.39 is 15.9 Å². The summed E-state index contributed by atoms with van der Waals surface area (Å²) in [5.41, 5.74) is 0.802. The van der Waals surface area contributed by atoms with Gasteiger partial charge in [-0.05, 0) is 49.1 Å². The highest BCUT2D eigenvalue weighted by Gasteiger charge is 2.24. The number of hydrogen-bond acceptors (Lipinski definition) is 5. The van der Waals surface area contributed by atoms with Crippen molar-refractivity contribution in [2.45, 2.75) is 17.7 Å². The molecule has 0 aromatic heterocycles. The van der Waals surface area contributed by atoms with Crippen molar-refractivity contribution in [3.8, 4) is 11.5 Å². The normalized spacial score (nSPS) is 15.7. The maximum Gasteiger partial charge on any atom is 0.255 e. The molecule has 0 spiro atoms. The second kappa shape index (κ2) is 6.62. The molecule has 7 nitrogen and oxygen atoms in total. The number of fused-ring (bicyclic) bond motifs is 1. The van der Waals surface area contributed by atoms with Gasteiger partial charge in [-0.1, -0.05) is 6.07 Å². The molecule has 1 amide bonds. The first-order valence-electron chi connectivity index (χ1n) is 8.32. The molecule has 2 N–H and O–H groups in total. The van der Waals surface area contributed by atoms with Gasteiger partial charge in [-0.25, -0.2) is 13.1 Å². The van der Waals surface area contributed by atoms with E-state index >= 15 is 0 Å². The Balaban J connectivity index is 1.49. The van der Waals surface area contributed by atoms with E-state index in [1.807, 2.05) is 0 Å². The molecule has 0 atom stereocenters. The first-order chi connectivity index (χ1) is 12.5. The summed E-state index contributed by atoms with van der Waals surface area (Å²) in [4.78, 5) is 12.6. The number of carbonyl (C=O) groups excluding carboxylic acids is 1. The summed E-state index contributed by atoms with van der Waals surface area (Å²) in [6.45, 7) is 0.594. The summed E-state index contributed by atoms with van der Waals surface area (Å²) in [6.07, 6.45) is 2.11. The summed E-state index contributed by atoms with van der Waals surface area (Å²) >= 11 is 0. The SMILES string of the molecule is O=C(Nc1ccc2c(c1)OCO2)c1cccc(S(=O)(=O)NCC2CC2)c1. The maximum absolute atomic E-state index is 12.5. The van der Waals surface area contributed by atoms with E-state index in [1.54, 1.807) is 30.3 Å². The van der Waals surface area contributed by atoms with Crippen molar-refractivity contribution in [1.82, 2.24) is 4.72 Å². The summed E-state index contributed by atoms with van der Waals surface area (Å²) < 4.78 is 37.8. The van der Waals surface area contributed by atoms with Crippen molar-refractivity contribution in [3.05, 3.63) is 48.0 Å². The third kappa shape index (κ3) is 3.66. The van der Waals surface area contributed by atoms with Crippen LogP contribution in [0.2, 0.25) is 0 Å². The lowest BCUT2D eigenvalue weighted by Gasteiger charge is -2.09. The number of benzene rings is 2. The molecule has 0 bridgehead atoms. The monoisotopic (exact) mass is 374 g/mol. The number of anilines is 1. The zero-order valence-corrected chi connectivity index (χ0v) is 14.7. The number of rotatable bonds is 6. The van der Waals surface area contributed by atoms with E-state index in [4.69, 9.17) is 9.47 Å². The summed E-state index contributed by atoms with van der Waals surface area (Å²) in [6, 6.07) is 11.1. The van der Waals surface area contributed by atoms with Crippen LogP contribution in [0.5, 0.6) is 11.5 Å². The summed E-state index contributed by atoms with van der Waals surface area (Å²) in [7, 11) is -3.62. The smallest absolute Gasteiger partial charge is 0.255 e. The van der Waals surface area contributed by atoms with Crippen LogP contribution >= 0.6 is 0 Å². The van der Waals surface area contributed by atoms with Crippen molar-refractivity contribution >= 4 is 21.6 Å². The van der Waals surface area contributed by atoms with E-state index in [2.05, 4.69) is 10.0 Å². The molecule has 1 aliphatic heterocycles. The van der Waals surface area contributed by atoms with Crippen molar-refractivity contribution < 1.29 is 22.7 Å². The molecule has 4 rings (SSSR count). The first-order valence-corrected chi connectivity index (χ1v) is 9.80. The van der Waals surface area contributed by atoms with Gasteiger partial charge < -0.3 is 14.8 Å². The van der Waals surface area contributed by atoms with Gasteiger partial charge in [0.15, 0.2) is 11.5 Å². The van der Waals surface area contributed by atoms with Crippen molar-refractivity contribution in [2.24, 2.45) is 5.92 Å². The Kier molecular flexibility index (Phi) is 4.29. The largest absolute Gasteiger partial charge is 0.454 e. The third-order valence-corrected chi connectivity index (χ3v) is 5.72. The maximum atomic E-state index is 12.5. The van der Waals surface area contributed by atoms with Crippen LogP contribution < -0.4 is 19.5 Å². The van der Waals surface area contributed by atoms with Gasteiger partial charge in [-0.2, -0.15) is 0 Å². The van der Waals surface area contributed by atoms with Crippen LogP contribution in [-0.4, -0.2) is 27.7 Å². The fraction of sp³-hybridized carbons (Fsp3) is 0.278. The van der Waals surface area contributed by atoms with Crippen LogP contribution in [0.3, 0.4) is 0 Å². The number of sulfonamides is 1. The van der Waals surface area contributed by atoms with Gasteiger partial charge in [-0.15, -0.1) is 0 Å². The lowest BCUT2D eigenvalue weighted by molar-refractivity contribution is 0.102. The summed E-state index contributed by atoms with van der Waals surface area (Å²) in [5.74, 6) is 1.21. The fourth-order valence-electron chi connectivity index (χ4n) is 2.61. The van der Waals surface area contributed by atoms with Gasteiger partial charge in [0.25, 0.3) is 5.91 Å². The Morgan fingerprint density at radius 2 is 1.88 bits per heavy atom. The molecule has 26 heavy (non-hydrogen) atoms. The topological polar surface area (TPSA) is 93.7 Å². The Hall–Kier alpha value is -2.58. The molecule has 0 radical (unpaired) electrons. The lowest BCUT2D eigenvalue weighted by atomic mass is 10.2. The van der Waals surface area contributed by atoms with Crippen LogP contribution in [0.15, 0.2) is 47.4 Å². The van der Waals surface area contributed by atoms with Crippen LogP contribution in [0.1, 0.15) is 23.2 Å². The molecular formula is C18H18N2O5S. The Bertz CT molecular complexity index is 954. The predicted octanol–water partition coefficient (Wildman–Crippen LogP) is 2.36. The number of nitrogens with one attached hydrogen (secondary N) is 2. The van der Waals surface area contributed by atoms with E-state index in [1.165, 1.54) is 12.1 Å².